The van der Waals surface area contributed by atoms with E-state index >= 15 is 0 Å². The monoisotopic (exact) mass is 313 g/mol. The Kier molecular flexibility index (Phi) is 5.05. The lowest BCUT2D eigenvalue weighted by Gasteiger charge is -2.07. The fraction of sp³-hybridized carbons (Fsp3) is 0.136. The Morgan fingerprint density at radius 1 is 0.708 bits per heavy atom. The molecule has 3 aromatic carbocycles. The summed E-state index contributed by atoms with van der Waals surface area (Å²) >= 11 is 0. The number of nitrogens with zero attached hydrogens (tertiary/aromatic N) is 1. The minimum atomic E-state index is 0.661. The fourth-order valence-electron chi connectivity index (χ4n) is 2.61. The molecule has 0 bridgehead atoms. The first-order valence-electron chi connectivity index (χ1n) is 8.08. The third-order valence-electron chi connectivity index (χ3n) is 3.99. The minimum absolute atomic E-state index is 0.661. The van der Waals surface area contributed by atoms with Crippen molar-refractivity contribution < 1.29 is 4.74 Å². The molecule has 0 aliphatic rings. The van der Waals surface area contributed by atoms with Gasteiger partial charge < -0.3 is 4.74 Å². The first-order valence-corrected chi connectivity index (χ1v) is 8.08. The predicted molar refractivity (Wildman–Crippen MR) is 97.4 cm³/mol. The SMILES string of the molecule is CCOCc1ccc(-c2ccc(-c3ccc(C#N)cc3)cc2)cc1. The molecule has 0 aliphatic heterocycles. The molecule has 24 heavy (non-hydrogen) atoms. The van der Waals surface area contributed by atoms with E-state index in [0.717, 1.165) is 17.7 Å². The van der Waals surface area contributed by atoms with Gasteiger partial charge in [-0.05, 0) is 46.9 Å². The van der Waals surface area contributed by atoms with E-state index in [0.29, 0.717) is 12.2 Å². The van der Waals surface area contributed by atoms with E-state index < -0.39 is 0 Å². The van der Waals surface area contributed by atoms with Gasteiger partial charge in [0.2, 0.25) is 0 Å². The van der Waals surface area contributed by atoms with Crippen LogP contribution in [0.15, 0.2) is 72.8 Å². The normalized spacial score (nSPS) is 10.3. The lowest BCUT2D eigenvalue weighted by Crippen LogP contribution is -1.91. The highest BCUT2D eigenvalue weighted by Gasteiger charge is 2.01. The van der Waals surface area contributed by atoms with Crippen LogP contribution < -0.4 is 0 Å². The smallest absolute Gasteiger partial charge is 0.0991 e. The molecule has 3 aromatic rings. The average Bonchev–Trinajstić information content (AvgIpc) is 2.67. The van der Waals surface area contributed by atoms with E-state index in [1.54, 1.807) is 0 Å². The van der Waals surface area contributed by atoms with Crippen molar-refractivity contribution in [1.82, 2.24) is 0 Å². The average molecular weight is 313 g/mol. The molecule has 0 unspecified atom stereocenters. The van der Waals surface area contributed by atoms with E-state index in [9.17, 15) is 0 Å². The van der Waals surface area contributed by atoms with Gasteiger partial charge in [0, 0.05) is 6.61 Å². The van der Waals surface area contributed by atoms with Crippen molar-refractivity contribution in [3.63, 3.8) is 0 Å². The van der Waals surface area contributed by atoms with Crippen LogP contribution in [-0.2, 0) is 11.3 Å². The molecule has 3 rings (SSSR count). The molecule has 0 spiro atoms. The summed E-state index contributed by atoms with van der Waals surface area (Å²) in [7, 11) is 0. The summed E-state index contributed by atoms with van der Waals surface area (Å²) in [5, 5.41) is 8.87. The molecule has 2 heteroatoms. The van der Waals surface area contributed by atoms with Crippen LogP contribution in [0.5, 0.6) is 0 Å². The standard InChI is InChI=1S/C22H19NO/c1-2-24-16-18-5-9-20(10-6-18)22-13-11-21(12-14-22)19-7-3-17(15-23)4-8-19/h3-14H,2,16H2,1H3. The zero-order valence-corrected chi connectivity index (χ0v) is 13.7. The number of benzene rings is 3. The van der Waals surface area contributed by atoms with Crippen LogP contribution in [0.4, 0.5) is 0 Å². The van der Waals surface area contributed by atoms with Crippen molar-refractivity contribution in [3.8, 4) is 28.3 Å². The third-order valence-corrected chi connectivity index (χ3v) is 3.99. The van der Waals surface area contributed by atoms with Gasteiger partial charge in [0.15, 0.2) is 0 Å². The predicted octanol–water partition coefficient (Wildman–Crippen LogP) is 5.43. The van der Waals surface area contributed by atoms with Gasteiger partial charge in [-0.15, -0.1) is 0 Å². The summed E-state index contributed by atoms with van der Waals surface area (Å²) in [6.07, 6.45) is 0. The van der Waals surface area contributed by atoms with Crippen molar-refractivity contribution in [2.45, 2.75) is 13.5 Å². The summed E-state index contributed by atoms with van der Waals surface area (Å²) in [5.74, 6) is 0. The second-order valence-electron chi connectivity index (χ2n) is 5.60. The Hall–Kier alpha value is -2.89. The third kappa shape index (κ3) is 3.71. The van der Waals surface area contributed by atoms with Crippen LogP contribution in [-0.4, -0.2) is 6.61 Å². The van der Waals surface area contributed by atoms with Gasteiger partial charge in [-0.25, -0.2) is 0 Å². The molecule has 0 radical (unpaired) electrons. The zero-order chi connectivity index (χ0) is 16.8. The molecule has 0 N–H and O–H groups in total. The van der Waals surface area contributed by atoms with Crippen molar-refractivity contribution >= 4 is 0 Å². The zero-order valence-electron chi connectivity index (χ0n) is 13.7. The van der Waals surface area contributed by atoms with Crippen LogP contribution in [0.2, 0.25) is 0 Å². The van der Waals surface area contributed by atoms with Gasteiger partial charge in [-0.2, -0.15) is 5.26 Å². The second-order valence-corrected chi connectivity index (χ2v) is 5.60. The van der Waals surface area contributed by atoms with Gasteiger partial charge in [-0.3, -0.25) is 0 Å². The Labute approximate surface area is 143 Å². The lowest BCUT2D eigenvalue weighted by molar-refractivity contribution is 0.134. The molecular formula is C22H19NO. The van der Waals surface area contributed by atoms with Crippen molar-refractivity contribution in [2.75, 3.05) is 6.61 Å². The van der Waals surface area contributed by atoms with E-state index in [1.165, 1.54) is 16.7 Å². The number of nitriles is 1. The van der Waals surface area contributed by atoms with Crippen molar-refractivity contribution in [2.24, 2.45) is 0 Å². The second kappa shape index (κ2) is 7.59. The summed E-state index contributed by atoms with van der Waals surface area (Å²) < 4.78 is 5.43. The Morgan fingerprint density at radius 2 is 1.12 bits per heavy atom. The maximum Gasteiger partial charge on any atom is 0.0991 e. The van der Waals surface area contributed by atoms with Gasteiger partial charge in [0.1, 0.15) is 0 Å². The van der Waals surface area contributed by atoms with Gasteiger partial charge in [0.25, 0.3) is 0 Å². The van der Waals surface area contributed by atoms with E-state index in [2.05, 4.69) is 54.6 Å². The van der Waals surface area contributed by atoms with E-state index in [1.807, 2.05) is 31.2 Å². The summed E-state index contributed by atoms with van der Waals surface area (Å²) in [6, 6.07) is 26.8. The molecule has 0 amide bonds. The molecule has 0 fully saturated rings. The molecule has 0 heterocycles. The number of ether oxygens (including phenoxy) is 1. The topological polar surface area (TPSA) is 33.0 Å². The van der Waals surface area contributed by atoms with Crippen LogP contribution in [0, 0.1) is 11.3 Å². The highest BCUT2D eigenvalue weighted by atomic mass is 16.5. The number of hydrogen-bond donors (Lipinski definition) is 0. The molecule has 0 saturated carbocycles. The summed E-state index contributed by atoms with van der Waals surface area (Å²) in [4.78, 5) is 0. The van der Waals surface area contributed by atoms with Gasteiger partial charge in [-0.1, -0.05) is 60.7 Å². The molecular weight excluding hydrogens is 294 g/mol. The van der Waals surface area contributed by atoms with Gasteiger partial charge in [0.05, 0.1) is 18.2 Å². The van der Waals surface area contributed by atoms with Crippen LogP contribution in [0.3, 0.4) is 0 Å². The summed E-state index contributed by atoms with van der Waals surface area (Å²) in [5.41, 5.74) is 6.53. The molecule has 0 saturated heterocycles. The van der Waals surface area contributed by atoms with Crippen molar-refractivity contribution in [3.05, 3.63) is 83.9 Å². The first kappa shape index (κ1) is 16.0. The number of hydrogen-bond acceptors (Lipinski definition) is 2. The highest BCUT2D eigenvalue weighted by Crippen LogP contribution is 2.25. The van der Waals surface area contributed by atoms with Crippen LogP contribution in [0.1, 0.15) is 18.1 Å². The molecule has 2 nitrogen and oxygen atoms in total. The molecule has 118 valence electrons. The lowest BCUT2D eigenvalue weighted by atomic mass is 9.99. The minimum Gasteiger partial charge on any atom is -0.377 e. The maximum absolute atomic E-state index is 8.87. The highest BCUT2D eigenvalue weighted by molar-refractivity contribution is 5.70. The maximum atomic E-state index is 8.87. The van der Waals surface area contributed by atoms with E-state index in [-0.39, 0.29) is 0 Å². The molecule has 0 atom stereocenters. The van der Waals surface area contributed by atoms with Crippen LogP contribution >= 0.6 is 0 Å². The molecule has 0 aromatic heterocycles. The molecule has 0 aliphatic carbocycles. The largest absolute Gasteiger partial charge is 0.377 e. The van der Waals surface area contributed by atoms with Gasteiger partial charge >= 0.3 is 0 Å². The fourth-order valence-corrected chi connectivity index (χ4v) is 2.61. The van der Waals surface area contributed by atoms with E-state index in [4.69, 9.17) is 10.00 Å². The summed E-state index contributed by atoms with van der Waals surface area (Å²) in [6.45, 7) is 3.40. The first-order chi connectivity index (χ1) is 11.8. The number of rotatable bonds is 5. The van der Waals surface area contributed by atoms with Crippen molar-refractivity contribution in [1.29, 1.82) is 5.26 Å². The van der Waals surface area contributed by atoms with Crippen LogP contribution in [0.25, 0.3) is 22.3 Å². The quantitative estimate of drug-likeness (QED) is 0.629. The Morgan fingerprint density at radius 3 is 1.54 bits per heavy atom. The Balaban J connectivity index is 1.77. The Bertz CT molecular complexity index is 825.